The number of hydrogen-bond acceptors (Lipinski definition) is 6. The Morgan fingerprint density at radius 2 is 2.41 bits per heavy atom. The smallest absolute Gasteiger partial charge is 0.362 e. The van der Waals surface area contributed by atoms with Gasteiger partial charge < -0.3 is 15.3 Å². The Morgan fingerprint density at radius 3 is 3.00 bits per heavy atom. The minimum Gasteiger partial charge on any atom is -0.480 e. The van der Waals surface area contributed by atoms with Crippen molar-refractivity contribution in [2.75, 3.05) is 26.2 Å². The predicted molar refractivity (Wildman–Crippen MR) is 64.9 cm³/mol. The van der Waals surface area contributed by atoms with Gasteiger partial charge in [0, 0.05) is 32.0 Å². The van der Waals surface area contributed by atoms with E-state index in [1.165, 1.54) is 6.08 Å². The zero-order valence-corrected chi connectivity index (χ0v) is 10.8. The van der Waals surface area contributed by atoms with E-state index in [-0.39, 0.29) is 0 Å². The molecule has 0 spiro atoms. The highest BCUT2D eigenvalue weighted by atomic mass is 32.1. The number of carboxylic acid groups (broad SMARTS) is 1. The summed E-state index contributed by atoms with van der Waals surface area (Å²) in [6.45, 7) is 2.01. The Labute approximate surface area is 105 Å². The molecule has 1 saturated heterocycles. The van der Waals surface area contributed by atoms with E-state index in [1.54, 1.807) is 0 Å². The van der Waals surface area contributed by atoms with Crippen LogP contribution in [0.4, 0.5) is 0 Å². The molecule has 1 unspecified atom stereocenters. The third-order valence-corrected chi connectivity index (χ3v) is 3.86. The van der Waals surface area contributed by atoms with Crippen molar-refractivity contribution in [1.29, 1.82) is 0 Å². The summed E-state index contributed by atoms with van der Waals surface area (Å²) < 4.78 is 15.1. The molecule has 0 aromatic heterocycles. The second kappa shape index (κ2) is 6.53. The monoisotopic (exact) mass is 282 g/mol. The van der Waals surface area contributed by atoms with Crippen LogP contribution in [0.2, 0.25) is 0 Å². The summed E-state index contributed by atoms with van der Waals surface area (Å²) in [5.41, 5.74) is 0. The van der Waals surface area contributed by atoms with Crippen LogP contribution in [0.15, 0.2) is 11.9 Å². The first kappa shape index (κ1) is 14.7. The maximum Gasteiger partial charge on any atom is 0.362 e. The number of hydrogen-bond donors (Lipinski definition) is 4. The van der Waals surface area contributed by atoms with Crippen molar-refractivity contribution in [3.05, 3.63) is 11.9 Å². The maximum absolute atomic E-state index is 11.0. The van der Waals surface area contributed by atoms with Crippen molar-refractivity contribution in [1.82, 2.24) is 10.2 Å². The first-order valence-electron chi connectivity index (χ1n) is 4.96. The quantitative estimate of drug-likeness (QED) is 0.317. The molecule has 0 bridgehead atoms. The first-order valence-corrected chi connectivity index (χ1v) is 6.97. The summed E-state index contributed by atoms with van der Waals surface area (Å²) in [6.07, 6.45) is 1.47. The van der Waals surface area contributed by atoms with E-state index in [2.05, 4.69) is 22.2 Å². The molecule has 0 radical (unpaired) electrons. The largest absolute Gasteiger partial charge is 0.480 e. The Morgan fingerprint density at radius 1 is 1.71 bits per heavy atom. The van der Waals surface area contributed by atoms with Gasteiger partial charge in [-0.15, -0.1) is 0 Å². The Kier molecular flexibility index (Phi) is 5.64. The van der Waals surface area contributed by atoms with Gasteiger partial charge in [-0.3, -0.25) is 14.3 Å². The van der Waals surface area contributed by atoms with Crippen molar-refractivity contribution in [3.63, 3.8) is 0 Å². The van der Waals surface area contributed by atoms with Crippen LogP contribution in [0, 0.1) is 0 Å². The summed E-state index contributed by atoms with van der Waals surface area (Å²) in [5.74, 6) is 0.142. The van der Waals surface area contributed by atoms with Gasteiger partial charge >= 0.3 is 13.6 Å². The fourth-order valence-corrected chi connectivity index (χ4v) is 2.08. The van der Waals surface area contributed by atoms with Crippen molar-refractivity contribution < 1.29 is 23.3 Å². The highest BCUT2D eigenvalue weighted by molar-refractivity contribution is 7.82. The van der Waals surface area contributed by atoms with Crippen LogP contribution < -0.4 is 5.32 Å². The van der Waals surface area contributed by atoms with E-state index in [0.717, 1.165) is 5.82 Å². The number of aliphatic carboxylic acids is 1. The zero-order chi connectivity index (χ0) is 12.9. The van der Waals surface area contributed by atoms with Crippen LogP contribution in [0.5, 0.6) is 0 Å². The molecule has 1 heterocycles. The fourth-order valence-electron chi connectivity index (χ4n) is 1.50. The molecule has 1 fully saturated rings. The van der Waals surface area contributed by atoms with Crippen LogP contribution in [0.25, 0.3) is 0 Å². The van der Waals surface area contributed by atoms with E-state index in [4.69, 9.17) is 10.00 Å². The van der Waals surface area contributed by atoms with Crippen LogP contribution in [0.1, 0.15) is 0 Å². The van der Waals surface area contributed by atoms with E-state index in [0.29, 0.717) is 26.2 Å². The number of thiol groups is 1. The first-order chi connectivity index (χ1) is 7.94. The SMILES string of the molecule is O=C(O)[C@H]1CN(C/C=C/P(=O)(O)OS)CCN1. The van der Waals surface area contributed by atoms with Crippen molar-refractivity contribution in [3.8, 4) is 0 Å². The molecule has 9 heteroatoms. The lowest BCUT2D eigenvalue weighted by Crippen LogP contribution is -2.54. The second-order valence-corrected chi connectivity index (χ2v) is 5.71. The van der Waals surface area contributed by atoms with Gasteiger partial charge in [0.25, 0.3) is 0 Å². The van der Waals surface area contributed by atoms with Crippen LogP contribution in [0.3, 0.4) is 0 Å². The summed E-state index contributed by atoms with van der Waals surface area (Å²) in [5, 5.41) is 11.7. The summed E-state index contributed by atoms with van der Waals surface area (Å²) in [7, 11) is -3.75. The molecule has 1 aliphatic heterocycles. The topological polar surface area (TPSA) is 99.1 Å². The lowest BCUT2D eigenvalue weighted by atomic mass is 10.2. The highest BCUT2D eigenvalue weighted by Crippen LogP contribution is 2.44. The maximum atomic E-state index is 11.0. The second-order valence-electron chi connectivity index (χ2n) is 3.64. The van der Waals surface area contributed by atoms with Gasteiger partial charge in [0.2, 0.25) is 0 Å². The lowest BCUT2D eigenvalue weighted by molar-refractivity contribution is -0.140. The van der Waals surface area contributed by atoms with E-state index in [1.807, 2.05) is 4.90 Å². The normalized spacial score (nSPS) is 25.9. The number of piperazine rings is 1. The van der Waals surface area contributed by atoms with Gasteiger partial charge in [-0.1, -0.05) is 6.08 Å². The fraction of sp³-hybridized carbons (Fsp3) is 0.625. The molecule has 2 atom stereocenters. The van der Waals surface area contributed by atoms with Crippen LogP contribution in [-0.2, 0) is 13.3 Å². The van der Waals surface area contributed by atoms with Gasteiger partial charge in [-0.05, 0) is 12.9 Å². The number of carbonyl (C=O) groups is 1. The van der Waals surface area contributed by atoms with E-state index >= 15 is 0 Å². The minimum atomic E-state index is -3.75. The van der Waals surface area contributed by atoms with E-state index in [9.17, 15) is 9.36 Å². The molecule has 1 rings (SSSR count). The van der Waals surface area contributed by atoms with Gasteiger partial charge in [0.15, 0.2) is 0 Å². The molecule has 0 aromatic carbocycles. The van der Waals surface area contributed by atoms with Crippen molar-refractivity contribution in [2.24, 2.45) is 0 Å². The van der Waals surface area contributed by atoms with Crippen LogP contribution in [-0.4, -0.2) is 53.1 Å². The zero-order valence-electron chi connectivity index (χ0n) is 9.02. The third-order valence-electron chi connectivity index (χ3n) is 2.33. The molecule has 98 valence electrons. The average molecular weight is 282 g/mol. The summed E-state index contributed by atoms with van der Waals surface area (Å²) in [6, 6.07) is -0.598. The average Bonchev–Trinajstić information content (AvgIpc) is 2.29. The number of nitrogens with one attached hydrogen (secondary N) is 1. The van der Waals surface area contributed by atoms with E-state index < -0.39 is 19.6 Å². The van der Waals surface area contributed by atoms with Crippen molar-refractivity contribution in [2.45, 2.75) is 6.04 Å². The molecule has 0 amide bonds. The summed E-state index contributed by atoms with van der Waals surface area (Å²) >= 11 is 3.28. The Balaban J connectivity index is 2.42. The number of carboxylic acids is 1. The lowest BCUT2D eigenvalue weighted by Gasteiger charge is -2.30. The molecule has 7 nitrogen and oxygen atoms in total. The predicted octanol–water partition coefficient (Wildman–Crippen LogP) is -0.0947. The number of nitrogens with zero attached hydrogens (tertiary/aromatic N) is 1. The van der Waals surface area contributed by atoms with Gasteiger partial charge in [0.05, 0.1) is 0 Å². The Hall–Kier alpha value is -0.370. The molecule has 0 aliphatic carbocycles. The third kappa shape index (κ3) is 5.20. The molecule has 1 aliphatic rings. The van der Waals surface area contributed by atoms with Gasteiger partial charge in [-0.25, -0.2) is 3.97 Å². The number of rotatable bonds is 5. The van der Waals surface area contributed by atoms with Crippen LogP contribution >= 0.6 is 20.5 Å². The van der Waals surface area contributed by atoms with Crippen molar-refractivity contribution >= 4 is 26.5 Å². The van der Waals surface area contributed by atoms with Gasteiger partial charge in [-0.2, -0.15) is 0 Å². The minimum absolute atomic E-state index is 0.358. The Bertz CT molecular complexity index is 351. The molecular weight excluding hydrogens is 267 g/mol. The molecule has 3 N–H and O–H groups in total. The molecular formula is C8H15N2O5PS. The highest BCUT2D eigenvalue weighted by Gasteiger charge is 2.24. The standard InChI is InChI=1S/C8H15N2O5PS/c11-8(12)7-6-10(4-2-9-7)3-1-5-16(13,14)15-17/h1,5,7,9,17H,2-4,6H2,(H,11,12)(H,13,14)/b5-1+/t7-/m1/s1. The molecule has 17 heavy (non-hydrogen) atoms. The molecule has 0 aromatic rings. The molecule has 0 saturated carbocycles. The van der Waals surface area contributed by atoms with Gasteiger partial charge in [0.1, 0.15) is 6.04 Å². The summed E-state index contributed by atoms with van der Waals surface area (Å²) in [4.78, 5) is 21.7.